The van der Waals surface area contributed by atoms with Gasteiger partial charge in [0.15, 0.2) is 5.69 Å². The molecule has 2 aromatic rings. The first-order valence-corrected chi connectivity index (χ1v) is 10.5. The molecular formula is C22H28N4O3. The van der Waals surface area contributed by atoms with Crippen LogP contribution in [0, 0.1) is 5.92 Å². The Morgan fingerprint density at radius 1 is 1.21 bits per heavy atom. The number of aromatic nitrogens is 2. The average Bonchev–Trinajstić information content (AvgIpc) is 3.11. The van der Waals surface area contributed by atoms with Crippen LogP contribution in [0.25, 0.3) is 0 Å². The minimum Gasteiger partial charge on any atom is -0.389 e. The van der Waals surface area contributed by atoms with Crippen LogP contribution in [-0.4, -0.2) is 50.8 Å². The summed E-state index contributed by atoms with van der Waals surface area (Å²) >= 11 is 0. The van der Waals surface area contributed by atoms with E-state index < -0.39 is 6.10 Å². The summed E-state index contributed by atoms with van der Waals surface area (Å²) in [5.41, 5.74) is 1.66. The second-order valence-electron chi connectivity index (χ2n) is 8.14. The average molecular weight is 396 g/mol. The fourth-order valence-corrected chi connectivity index (χ4v) is 4.27. The van der Waals surface area contributed by atoms with Crippen LogP contribution in [-0.2, 0) is 13.1 Å². The van der Waals surface area contributed by atoms with Crippen molar-refractivity contribution in [1.29, 1.82) is 0 Å². The van der Waals surface area contributed by atoms with Crippen LogP contribution < -0.4 is 5.32 Å². The van der Waals surface area contributed by atoms with E-state index in [4.69, 9.17) is 0 Å². The molecule has 1 fully saturated rings. The highest BCUT2D eigenvalue weighted by molar-refractivity contribution is 5.98. The molecule has 2 heterocycles. The van der Waals surface area contributed by atoms with Gasteiger partial charge in [-0.25, -0.2) is 0 Å². The van der Waals surface area contributed by atoms with Gasteiger partial charge in [0.05, 0.1) is 12.6 Å². The Labute approximate surface area is 170 Å². The summed E-state index contributed by atoms with van der Waals surface area (Å²) in [5, 5.41) is 17.0. The third-order valence-electron chi connectivity index (χ3n) is 5.82. The molecule has 154 valence electrons. The number of aliphatic hydroxyl groups is 1. The van der Waals surface area contributed by atoms with Crippen molar-refractivity contribution in [1.82, 2.24) is 20.0 Å². The third-order valence-corrected chi connectivity index (χ3v) is 5.82. The second-order valence-corrected chi connectivity index (χ2v) is 8.14. The fourth-order valence-electron chi connectivity index (χ4n) is 4.27. The monoisotopic (exact) mass is 396 g/mol. The summed E-state index contributed by atoms with van der Waals surface area (Å²) in [4.78, 5) is 27.5. The lowest BCUT2D eigenvalue weighted by atomic mass is 9.89. The molecule has 1 aromatic carbocycles. The van der Waals surface area contributed by atoms with Crippen molar-refractivity contribution in [3.63, 3.8) is 0 Å². The molecule has 4 rings (SSSR count). The molecule has 0 saturated heterocycles. The van der Waals surface area contributed by atoms with Crippen molar-refractivity contribution in [3.05, 3.63) is 53.3 Å². The Hall–Kier alpha value is -2.67. The van der Waals surface area contributed by atoms with Crippen molar-refractivity contribution in [2.24, 2.45) is 5.92 Å². The van der Waals surface area contributed by atoms with Gasteiger partial charge in [-0.1, -0.05) is 49.6 Å². The largest absolute Gasteiger partial charge is 0.389 e. The Bertz CT molecular complexity index is 858. The molecule has 0 spiro atoms. The summed E-state index contributed by atoms with van der Waals surface area (Å²) in [6.07, 6.45) is 5.28. The van der Waals surface area contributed by atoms with Gasteiger partial charge in [0.25, 0.3) is 11.8 Å². The van der Waals surface area contributed by atoms with E-state index >= 15 is 0 Å². The Balaban J connectivity index is 1.58. The second kappa shape index (κ2) is 8.78. The zero-order valence-electron chi connectivity index (χ0n) is 16.6. The molecule has 1 atom stereocenters. The van der Waals surface area contributed by atoms with Crippen molar-refractivity contribution in [3.8, 4) is 0 Å². The highest BCUT2D eigenvalue weighted by atomic mass is 16.3. The number of nitrogens with one attached hydrogen (secondary N) is 1. The summed E-state index contributed by atoms with van der Waals surface area (Å²) in [5.74, 6) is 0.0271. The molecule has 0 unspecified atom stereocenters. The number of nitrogens with zero attached hydrogens (tertiary/aromatic N) is 3. The Morgan fingerprint density at radius 2 is 1.97 bits per heavy atom. The summed E-state index contributed by atoms with van der Waals surface area (Å²) in [7, 11) is 0. The molecule has 1 aliphatic carbocycles. The maximum absolute atomic E-state index is 13.4. The van der Waals surface area contributed by atoms with Crippen LogP contribution in [0.4, 0.5) is 0 Å². The highest BCUT2D eigenvalue weighted by Gasteiger charge is 2.28. The van der Waals surface area contributed by atoms with E-state index in [1.54, 1.807) is 6.07 Å². The standard InChI is InChI=1S/C22H28N4O3/c27-18-12-23-21(28)20-11-19(24-26(20)15-18)22(29)25(13-16-7-3-1-4-8-16)14-17-9-5-2-6-10-17/h1,3-4,7-8,11,17-18,27H,2,5-6,9-10,12-15H2,(H,23,28)/t18-/m0/s1. The smallest absolute Gasteiger partial charge is 0.274 e. The Kier molecular flexibility index (Phi) is 5.94. The van der Waals surface area contributed by atoms with Gasteiger partial charge in [0, 0.05) is 25.7 Å². The molecule has 7 nitrogen and oxygen atoms in total. The maximum atomic E-state index is 13.4. The summed E-state index contributed by atoms with van der Waals surface area (Å²) < 4.78 is 1.45. The predicted molar refractivity (Wildman–Crippen MR) is 108 cm³/mol. The molecule has 29 heavy (non-hydrogen) atoms. The Morgan fingerprint density at radius 3 is 2.72 bits per heavy atom. The van der Waals surface area contributed by atoms with Gasteiger partial charge in [-0.15, -0.1) is 0 Å². The molecule has 2 N–H and O–H groups in total. The number of amides is 2. The van der Waals surface area contributed by atoms with Crippen LogP contribution >= 0.6 is 0 Å². The number of hydrogen-bond donors (Lipinski definition) is 2. The van der Waals surface area contributed by atoms with Gasteiger partial charge in [-0.2, -0.15) is 5.10 Å². The van der Waals surface area contributed by atoms with Crippen LogP contribution in [0.3, 0.4) is 0 Å². The van der Waals surface area contributed by atoms with Crippen molar-refractivity contribution < 1.29 is 14.7 Å². The van der Waals surface area contributed by atoms with E-state index in [-0.39, 0.29) is 30.6 Å². The molecule has 0 bridgehead atoms. The minimum atomic E-state index is -0.717. The lowest BCUT2D eigenvalue weighted by Crippen LogP contribution is -2.36. The number of carbonyl (C=O) groups is 2. The van der Waals surface area contributed by atoms with Gasteiger partial charge < -0.3 is 15.3 Å². The van der Waals surface area contributed by atoms with Crippen molar-refractivity contribution in [2.45, 2.75) is 51.3 Å². The molecule has 0 radical (unpaired) electrons. The quantitative estimate of drug-likeness (QED) is 0.811. The minimum absolute atomic E-state index is 0.165. The van der Waals surface area contributed by atoms with Gasteiger partial charge in [-0.3, -0.25) is 14.3 Å². The van der Waals surface area contributed by atoms with Crippen molar-refractivity contribution >= 4 is 11.8 Å². The van der Waals surface area contributed by atoms with Gasteiger partial charge in [0.2, 0.25) is 0 Å². The number of β-amino-alcohol motifs (C(OH)–C–C–N with tert-alkyl or cyclic N) is 1. The van der Waals surface area contributed by atoms with Crippen LogP contribution in [0.15, 0.2) is 36.4 Å². The lowest BCUT2D eigenvalue weighted by Gasteiger charge is -2.29. The van der Waals surface area contributed by atoms with E-state index in [9.17, 15) is 14.7 Å². The molecule has 1 aliphatic heterocycles. The van der Waals surface area contributed by atoms with Crippen molar-refractivity contribution in [2.75, 3.05) is 13.1 Å². The number of fused-ring (bicyclic) bond motifs is 1. The molecule has 2 amide bonds. The van der Waals surface area contributed by atoms with Crippen LogP contribution in [0.5, 0.6) is 0 Å². The van der Waals surface area contributed by atoms with Gasteiger partial charge in [0.1, 0.15) is 5.69 Å². The van der Waals surface area contributed by atoms with E-state index in [0.717, 1.165) is 18.4 Å². The SMILES string of the molecule is O=C1NC[C@H](O)Cn2nc(C(=O)N(Cc3ccccc3)CC3CCCCC3)cc21. The molecule has 1 saturated carbocycles. The lowest BCUT2D eigenvalue weighted by molar-refractivity contribution is 0.0691. The third kappa shape index (κ3) is 4.67. The number of benzene rings is 1. The first-order chi connectivity index (χ1) is 14.1. The number of hydrogen-bond acceptors (Lipinski definition) is 4. The van der Waals surface area contributed by atoms with Crippen LogP contribution in [0.1, 0.15) is 58.6 Å². The zero-order valence-corrected chi connectivity index (χ0v) is 16.6. The number of carbonyl (C=O) groups excluding carboxylic acids is 2. The normalized spacial score (nSPS) is 19.9. The van der Waals surface area contributed by atoms with Gasteiger partial charge >= 0.3 is 0 Å². The maximum Gasteiger partial charge on any atom is 0.274 e. The fraction of sp³-hybridized carbons (Fsp3) is 0.500. The van der Waals surface area contributed by atoms with E-state index in [1.807, 2.05) is 35.2 Å². The molecule has 7 heteroatoms. The summed E-state index contributed by atoms with van der Waals surface area (Å²) in [6, 6.07) is 11.5. The van der Waals surface area contributed by atoms with Crippen LogP contribution in [0.2, 0.25) is 0 Å². The molecule has 1 aromatic heterocycles. The zero-order chi connectivity index (χ0) is 20.2. The van der Waals surface area contributed by atoms with E-state index in [1.165, 1.54) is 23.9 Å². The predicted octanol–water partition coefficient (Wildman–Crippen LogP) is 2.21. The molecule has 2 aliphatic rings. The first kappa shape index (κ1) is 19.6. The van der Waals surface area contributed by atoms with Gasteiger partial charge in [-0.05, 0) is 24.3 Å². The summed E-state index contributed by atoms with van der Waals surface area (Å²) in [6.45, 7) is 1.61. The number of aliphatic hydroxyl groups excluding tert-OH is 1. The number of rotatable bonds is 5. The topological polar surface area (TPSA) is 87.5 Å². The van der Waals surface area contributed by atoms with E-state index in [0.29, 0.717) is 24.7 Å². The highest BCUT2D eigenvalue weighted by Crippen LogP contribution is 2.26. The molecular weight excluding hydrogens is 368 g/mol. The van der Waals surface area contributed by atoms with E-state index in [2.05, 4.69) is 10.4 Å². The first-order valence-electron chi connectivity index (χ1n) is 10.5.